The number of hydrogen-bond acceptors (Lipinski definition) is 4. The zero-order valence-electron chi connectivity index (χ0n) is 9.82. The van der Waals surface area contributed by atoms with E-state index in [0.717, 1.165) is 0 Å². The molecule has 4 heteroatoms. The highest BCUT2D eigenvalue weighted by Crippen LogP contribution is 2.20. The van der Waals surface area contributed by atoms with Crippen LogP contribution in [-0.2, 0) is 4.74 Å². The van der Waals surface area contributed by atoms with Crippen LogP contribution in [0.3, 0.4) is 0 Å². The summed E-state index contributed by atoms with van der Waals surface area (Å²) in [4.78, 5) is 11.7. The molecule has 0 aromatic heterocycles. The predicted molar refractivity (Wildman–Crippen MR) is 62.5 cm³/mol. The Morgan fingerprint density at radius 2 is 2.12 bits per heavy atom. The summed E-state index contributed by atoms with van der Waals surface area (Å²) < 4.78 is 10.1. The minimum absolute atomic E-state index is 0.302. The third-order valence-corrected chi connectivity index (χ3v) is 2.03. The number of rotatable bonds is 4. The summed E-state index contributed by atoms with van der Waals surface area (Å²) in [6.07, 6.45) is 0. The molecule has 0 bridgehead atoms. The second-order valence-electron chi connectivity index (χ2n) is 3.95. The third-order valence-electron chi connectivity index (χ3n) is 2.03. The van der Waals surface area contributed by atoms with Gasteiger partial charge in [-0.25, -0.2) is 4.79 Å². The summed E-state index contributed by atoms with van der Waals surface area (Å²) in [7, 11) is 1.54. The number of carbonyl (C=O) groups is 1. The molecular weight excluding hydrogens is 206 g/mol. The Morgan fingerprint density at radius 3 is 2.69 bits per heavy atom. The van der Waals surface area contributed by atoms with E-state index in [4.69, 9.17) is 15.2 Å². The van der Waals surface area contributed by atoms with Gasteiger partial charge in [0.1, 0.15) is 5.75 Å². The summed E-state index contributed by atoms with van der Waals surface area (Å²) in [5.74, 6) is 0.478. The highest BCUT2D eigenvalue weighted by Gasteiger charge is 2.12. The molecule has 0 radical (unpaired) electrons. The van der Waals surface area contributed by atoms with Crippen molar-refractivity contribution in [1.29, 1.82) is 0 Å². The standard InChI is InChI=1S/C12H17NO3/c1-8(2)7-16-12(14)10-6-9(15-3)4-5-11(10)13/h4-6,8H,7,13H2,1-3H3. The second kappa shape index (κ2) is 5.39. The summed E-state index contributed by atoms with van der Waals surface area (Å²) >= 11 is 0. The average molecular weight is 223 g/mol. The molecule has 0 aliphatic heterocycles. The van der Waals surface area contributed by atoms with Crippen LogP contribution in [0.15, 0.2) is 18.2 Å². The first-order chi connectivity index (χ1) is 7.54. The normalized spacial score (nSPS) is 10.2. The summed E-state index contributed by atoms with van der Waals surface area (Å²) in [5.41, 5.74) is 6.44. The van der Waals surface area contributed by atoms with Crippen molar-refractivity contribution in [3.05, 3.63) is 23.8 Å². The van der Waals surface area contributed by atoms with Crippen LogP contribution in [0.4, 0.5) is 5.69 Å². The van der Waals surface area contributed by atoms with E-state index < -0.39 is 5.97 Å². The van der Waals surface area contributed by atoms with E-state index in [1.807, 2.05) is 13.8 Å². The van der Waals surface area contributed by atoms with Crippen LogP contribution in [0, 0.1) is 5.92 Å². The molecule has 1 rings (SSSR count). The largest absolute Gasteiger partial charge is 0.497 e. The first kappa shape index (κ1) is 12.4. The number of nitrogens with two attached hydrogens (primary N) is 1. The van der Waals surface area contributed by atoms with Crippen molar-refractivity contribution in [2.75, 3.05) is 19.5 Å². The first-order valence-corrected chi connectivity index (χ1v) is 5.15. The molecule has 4 nitrogen and oxygen atoms in total. The summed E-state index contributed by atoms with van der Waals surface area (Å²) in [6, 6.07) is 4.91. The van der Waals surface area contributed by atoms with Crippen molar-refractivity contribution in [2.45, 2.75) is 13.8 Å². The van der Waals surface area contributed by atoms with E-state index in [9.17, 15) is 4.79 Å². The number of hydrogen-bond donors (Lipinski definition) is 1. The van der Waals surface area contributed by atoms with E-state index in [-0.39, 0.29) is 0 Å². The Bertz CT molecular complexity index is 375. The van der Waals surface area contributed by atoms with Crippen LogP contribution in [0.1, 0.15) is 24.2 Å². The molecular formula is C12H17NO3. The number of anilines is 1. The number of carbonyl (C=O) groups excluding carboxylic acids is 1. The molecule has 0 heterocycles. The first-order valence-electron chi connectivity index (χ1n) is 5.15. The van der Waals surface area contributed by atoms with Crippen molar-refractivity contribution in [3.8, 4) is 5.75 Å². The molecule has 0 spiro atoms. The smallest absolute Gasteiger partial charge is 0.340 e. The molecule has 2 N–H and O–H groups in total. The van der Waals surface area contributed by atoms with Crippen molar-refractivity contribution >= 4 is 11.7 Å². The molecule has 0 fully saturated rings. The van der Waals surface area contributed by atoms with Crippen LogP contribution in [0.5, 0.6) is 5.75 Å². The van der Waals surface area contributed by atoms with E-state index >= 15 is 0 Å². The molecule has 0 saturated heterocycles. The molecule has 0 aliphatic carbocycles. The molecule has 88 valence electrons. The highest BCUT2D eigenvalue weighted by atomic mass is 16.5. The maximum absolute atomic E-state index is 11.7. The van der Waals surface area contributed by atoms with E-state index in [2.05, 4.69) is 0 Å². The van der Waals surface area contributed by atoms with Gasteiger partial charge in [-0.15, -0.1) is 0 Å². The summed E-state index contributed by atoms with van der Waals surface area (Å²) in [5, 5.41) is 0. The van der Waals surface area contributed by atoms with Gasteiger partial charge in [-0.2, -0.15) is 0 Å². The quantitative estimate of drug-likeness (QED) is 0.627. The van der Waals surface area contributed by atoms with Crippen LogP contribution in [0.25, 0.3) is 0 Å². The van der Waals surface area contributed by atoms with Crippen LogP contribution >= 0.6 is 0 Å². The Hall–Kier alpha value is -1.71. The predicted octanol–water partition coefficient (Wildman–Crippen LogP) is 2.09. The molecule has 1 aromatic rings. The van der Waals surface area contributed by atoms with Gasteiger partial charge < -0.3 is 15.2 Å². The lowest BCUT2D eigenvalue weighted by molar-refractivity contribution is 0.0460. The fourth-order valence-corrected chi connectivity index (χ4v) is 1.16. The van der Waals surface area contributed by atoms with Crippen molar-refractivity contribution in [1.82, 2.24) is 0 Å². The maximum Gasteiger partial charge on any atom is 0.340 e. The topological polar surface area (TPSA) is 61.5 Å². The van der Waals surface area contributed by atoms with Gasteiger partial charge in [0.15, 0.2) is 0 Å². The van der Waals surface area contributed by atoms with Gasteiger partial charge in [-0.05, 0) is 24.1 Å². The zero-order chi connectivity index (χ0) is 12.1. The Morgan fingerprint density at radius 1 is 1.44 bits per heavy atom. The van der Waals surface area contributed by atoms with E-state index in [0.29, 0.717) is 29.5 Å². The number of esters is 1. The van der Waals surface area contributed by atoms with Crippen LogP contribution < -0.4 is 10.5 Å². The summed E-state index contributed by atoms with van der Waals surface area (Å²) in [6.45, 7) is 4.33. The van der Waals surface area contributed by atoms with E-state index in [1.54, 1.807) is 18.2 Å². The van der Waals surface area contributed by atoms with Crippen LogP contribution in [0.2, 0.25) is 0 Å². The lowest BCUT2D eigenvalue weighted by Gasteiger charge is -2.09. The van der Waals surface area contributed by atoms with Gasteiger partial charge in [0.2, 0.25) is 0 Å². The third kappa shape index (κ3) is 3.15. The number of ether oxygens (including phenoxy) is 2. The van der Waals surface area contributed by atoms with Crippen LogP contribution in [-0.4, -0.2) is 19.7 Å². The van der Waals surface area contributed by atoms with Gasteiger partial charge >= 0.3 is 5.97 Å². The molecule has 0 atom stereocenters. The molecule has 0 aliphatic rings. The van der Waals surface area contributed by atoms with E-state index in [1.165, 1.54) is 7.11 Å². The minimum atomic E-state index is -0.412. The molecule has 0 amide bonds. The Kier molecular flexibility index (Phi) is 4.17. The van der Waals surface area contributed by atoms with Gasteiger partial charge in [-0.1, -0.05) is 13.8 Å². The molecule has 1 aromatic carbocycles. The fourth-order valence-electron chi connectivity index (χ4n) is 1.16. The Balaban J connectivity index is 2.81. The van der Waals surface area contributed by atoms with Gasteiger partial charge in [0.25, 0.3) is 0 Å². The highest BCUT2D eigenvalue weighted by molar-refractivity contribution is 5.95. The number of methoxy groups -OCH3 is 1. The fraction of sp³-hybridized carbons (Fsp3) is 0.417. The maximum atomic E-state index is 11.7. The van der Waals surface area contributed by atoms with Crippen molar-refractivity contribution in [2.24, 2.45) is 5.92 Å². The van der Waals surface area contributed by atoms with Crippen molar-refractivity contribution in [3.63, 3.8) is 0 Å². The Labute approximate surface area is 95.3 Å². The second-order valence-corrected chi connectivity index (χ2v) is 3.95. The van der Waals surface area contributed by atoms with Crippen molar-refractivity contribution < 1.29 is 14.3 Å². The molecule has 0 saturated carbocycles. The molecule has 0 unspecified atom stereocenters. The SMILES string of the molecule is COc1ccc(N)c(C(=O)OCC(C)C)c1. The van der Waals surface area contributed by atoms with Gasteiger partial charge in [-0.3, -0.25) is 0 Å². The lowest BCUT2D eigenvalue weighted by atomic mass is 10.1. The zero-order valence-corrected chi connectivity index (χ0v) is 9.82. The number of nitrogen functional groups attached to an aromatic ring is 1. The molecule has 16 heavy (non-hydrogen) atoms. The average Bonchev–Trinajstić information content (AvgIpc) is 2.26. The van der Waals surface area contributed by atoms with Gasteiger partial charge in [0, 0.05) is 5.69 Å². The monoisotopic (exact) mass is 223 g/mol. The van der Waals surface area contributed by atoms with Gasteiger partial charge in [0.05, 0.1) is 19.3 Å². The lowest BCUT2D eigenvalue weighted by Crippen LogP contribution is -2.12. The number of benzene rings is 1. The minimum Gasteiger partial charge on any atom is -0.497 e.